The van der Waals surface area contributed by atoms with E-state index < -0.39 is 0 Å². The summed E-state index contributed by atoms with van der Waals surface area (Å²) in [6, 6.07) is 1.87. The molecule has 0 saturated carbocycles. The molecule has 0 aliphatic heterocycles. The first-order chi connectivity index (χ1) is 8.19. The van der Waals surface area contributed by atoms with Gasteiger partial charge in [-0.3, -0.25) is 4.68 Å². The average molecular weight is 232 g/mol. The number of hydrogen-bond donors (Lipinski definition) is 2. The molecular formula is C11H16N6. The number of rotatable bonds is 4. The predicted octanol–water partition coefficient (Wildman–Crippen LogP) is 1.17. The van der Waals surface area contributed by atoms with Crippen molar-refractivity contribution in [2.24, 2.45) is 7.05 Å². The zero-order chi connectivity index (χ0) is 12.3. The number of aryl methyl sites for hydroxylation is 2. The van der Waals surface area contributed by atoms with Gasteiger partial charge in [0, 0.05) is 38.5 Å². The third-order valence-corrected chi connectivity index (χ3v) is 2.50. The summed E-state index contributed by atoms with van der Waals surface area (Å²) < 4.78 is 1.81. The van der Waals surface area contributed by atoms with Gasteiger partial charge in [0.25, 0.3) is 0 Å². The molecule has 0 atom stereocenters. The number of nitrogens with zero attached hydrogens (tertiary/aromatic N) is 4. The molecule has 0 unspecified atom stereocenters. The molecule has 6 nitrogen and oxygen atoms in total. The van der Waals surface area contributed by atoms with Crippen LogP contribution in [0.4, 0.5) is 11.6 Å². The second-order valence-corrected chi connectivity index (χ2v) is 3.81. The zero-order valence-corrected chi connectivity index (χ0v) is 10.2. The Bertz CT molecular complexity index is 504. The fraction of sp³-hybridized carbons (Fsp3) is 0.364. The van der Waals surface area contributed by atoms with E-state index in [4.69, 9.17) is 0 Å². The Morgan fingerprint density at radius 3 is 2.71 bits per heavy atom. The Hall–Kier alpha value is -2.11. The van der Waals surface area contributed by atoms with Gasteiger partial charge >= 0.3 is 0 Å². The Kier molecular flexibility index (Phi) is 3.22. The highest BCUT2D eigenvalue weighted by Gasteiger charge is 2.03. The lowest BCUT2D eigenvalue weighted by Crippen LogP contribution is -2.03. The van der Waals surface area contributed by atoms with Crippen LogP contribution in [-0.2, 0) is 13.6 Å². The first kappa shape index (κ1) is 11.4. The lowest BCUT2D eigenvalue weighted by Gasteiger charge is -2.05. The third kappa shape index (κ3) is 2.72. The monoisotopic (exact) mass is 232 g/mol. The maximum Gasteiger partial charge on any atom is 0.131 e. The van der Waals surface area contributed by atoms with Crippen LogP contribution in [0.15, 0.2) is 18.6 Å². The van der Waals surface area contributed by atoms with Gasteiger partial charge in [-0.1, -0.05) is 0 Å². The van der Waals surface area contributed by atoms with Crippen LogP contribution in [0.2, 0.25) is 0 Å². The van der Waals surface area contributed by atoms with Crippen LogP contribution in [0.1, 0.15) is 11.3 Å². The molecule has 0 bridgehead atoms. The standard InChI is InChI=1S/C11H16N6/c1-8-9(6-17(3)16-8)5-13-11-4-10(12-2)14-7-15-11/h4,6-7H,5H2,1-3H3,(H2,12,13,14,15). The topological polar surface area (TPSA) is 67.7 Å². The van der Waals surface area contributed by atoms with Gasteiger partial charge in [-0.2, -0.15) is 5.10 Å². The quantitative estimate of drug-likeness (QED) is 0.828. The van der Waals surface area contributed by atoms with Crippen molar-refractivity contribution < 1.29 is 0 Å². The van der Waals surface area contributed by atoms with E-state index in [2.05, 4.69) is 25.7 Å². The Morgan fingerprint density at radius 2 is 2.06 bits per heavy atom. The summed E-state index contributed by atoms with van der Waals surface area (Å²) in [5, 5.41) is 10.5. The summed E-state index contributed by atoms with van der Waals surface area (Å²) in [5.74, 6) is 1.60. The van der Waals surface area contributed by atoms with Gasteiger partial charge in [0.2, 0.25) is 0 Å². The van der Waals surface area contributed by atoms with Crippen molar-refractivity contribution >= 4 is 11.6 Å². The van der Waals surface area contributed by atoms with E-state index in [-0.39, 0.29) is 0 Å². The van der Waals surface area contributed by atoms with E-state index in [1.54, 1.807) is 0 Å². The van der Waals surface area contributed by atoms with Crippen LogP contribution in [0, 0.1) is 6.92 Å². The van der Waals surface area contributed by atoms with Crippen molar-refractivity contribution in [1.29, 1.82) is 0 Å². The van der Waals surface area contributed by atoms with Crippen molar-refractivity contribution in [3.05, 3.63) is 29.8 Å². The van der Waals surface area contributed by atoms with E-state index in [0.717, 1.165) is 22.9 Å². The highest BCUT2D eigenvalue weighted by molar-refractivity contribution is 5.46. The predicted molar refractivity (Wildman–Crippen MR) is 66.9 cm³/mol. The molecule has 0 amide bonds. The van der Waals surface area contributed by atoms with Crippen LogP contribution in [-0.4, -0.2) is 26.8 Å². The molecule has 2 rings (SSSR count). The maximum atomic E-state index is 4.29. The number of aromatic nitrogens is 4. The summed E-state index contributed by atoms with van der Waals surface area (Å²) in [5.41, 5.74) is 2.19. The minimum atomic E-state index is 0.708. The lowest BCUT2D eigenvalue weighted by molar-refractivity contribution is 0.756. The van der Waals surface area contributed by atoms with Gasteiger partial charge in [-0.25, -0.2) is 9.97 Å². The summed E-state index contributed by atoms with van der Waals surface area (Å²) in [4.78, 5) is 8.21. The van der Waals surface area contributed by atoms with E-state index in [1.165, 1.54) is 6.33 Å². The molecule has 0 aliphatic carbocycles. The van der Waals surface area contributed by atoms with E-state index in [9.17, 15) is 0 Å². The molecule has 2 aromatic rings. The van der Waals surface area contributed by atoms with Gasteiger partial charge in [-0.15, -0.1) is 0 Å². The maximum absolute atomic E-state index is 4.29. The first-order valence-electron chi connectivity index (χ1n) is 5.42. The van der Waals surface area contributed by atoms with Crippen molar-refractivity contribution in [2.75, 3.05) is 17.7 Å². The third-order valence-electron chi connectivity index (χ3n) is 2.50. The summed E-state index contributed by atoms with van der Waals surface area (Å²) >= 11 is 0. The molecule has 0 aliphatic rings. The van der Waals surface area contributed by atoms with Crippen molar-refractivity contribution in [3.8, 4) is 0 Å². The van der Waals surface area contributed by atoms with Crippen LogP contribution in [0.3, 0.4) is 0 Å². The normalized spacial score (nSPS) is 10.3. The molecule has 6 heteroatoms. The van der Waals surface area contributed by atoms with Crippen molar-refractivity contribution in [1.82, 2.24) is 19.7 Å². The highest BCUT2D eigenvalue weighted by atomic mass is 15.3. The van der Waals surface area contributed by atoms with Crippen LogP contribution in [0.25, 0.3) is 0 Å². The summed E-state index contributed by atoms with van der Waals surface area (Å²) in [6.07, 6.45) is 3.53. The minimum Gasteiger partial charge on any atom is -0.373 e. The van der Waals surface area contributed by atoms with Crippen LogP contribution < -0.4 is 10.6 Å². The van der Waals surface area contributed by atoms with E-state index in [1.807, 2.05) is 38.0 Å². The van der Waals surface area contributed by atoms with E-state index >= 15 is 0 Å². The van der Waals surface area contributed by atoms with Gasteiger partial charge < -0.3 is 10.6 Å². The smallest absolute Gasteiger partial charge is 0.131 e. The molecule has 0 aromatic carbocycles. The van der Waals surface area contributed by atoms with Crippen LogP contribution >= 0.6 is 0 Å². The van der Waals surface area contributed by atoms with Gasteiger partial charge in [0.1, 0.15) is 18.0 Å². The molecular weight excluding hydrogens is 216 g/mol. The lowest BCUT2D eigenvalue weighted by atomic mass is 10.2. The van der Waals surface area contributed by atoms with Gasteiger partial charge in [-0.05, 0) is 6.92 Å². The molecule has 90 valence electrons. The Labute approximate surface area is 100 Å². The highest BCUT2D eigenvalue weighted by Crippen LogP contribution is 2.11. The molecule has 17 heavy (non-hydrogen) atoms. The largest absolute Gasteiger partial charge is 0.373 e. The minimum absolute atomic E-state index is 0.708. The van der Waals surface area contributed by atoms with Gasteiger partial charge in [0.05, 0.1) is 5.69 Å². The second-order valence-electron chi connectivity index (χ2n) is 3.81. The first-order valence-corrected chi connectivity index (χ1v) is 5.42. The number of hydrogen-bond acceptors (Lipinski definition) is 5. The Morgan fingerprint density at radius 1 is 1.29 bits per heavy atom. The van der Waals surface area contributed by atoms with Crippen molar-refractivity contribution in [2.45, 2.75) is 13.5 Å². The number of nitrogens with one attached hydrogen (secondary N) is 2. The fourth-order valence-corrected chi connectivity index (χ4v) is 1.60. The molecule has 0 saturated heterocycles. The summed E-state index contributed by atoms with van der Waals surface area (Å²) in [7, 11) is 3.75. The molecule has 0 radical (unpaired) electrons. The Balaban J connectivity index is 2.04. The number of anilines is 2. The van der Waals surface area contributed by atoms with E-state index in [0.29, 0.717) is 6.54 Å². The molecule has 0 fully saturated rings. The molecule has 0 spiro atoms. The van der Waals surface area contributed by atoms with Crippen LogP contribution in [0.5, 0.6) is 0 Å². The van der Waals surface area contributed by atoms with Gasteiger partial charge in [0.15, 0.2) is 0 Å². The SMILES string of the molecule is CNc1cc(NCc2cn(C)nc2C)ncn1. The van der Waals surface area contributed by atoms with Crippen molar-refractivity contribution in [3.63, 3.8) is 0 Å². The summed E-state index contributed by atoms with van der Waals surface area (Å²) in [6.45, 7) is 2.70. The fourth-order valence-electron chi connectivity index (χ4n) is 1.60. The molecule has 2 N–H and O–H groups in total. The average Bonchev–Trinajstić information content (AvgIpc) is 2.65. The zero-order valence-electron chi connectivity index (χ0n) is 10.2. The molecule has 2 heterocycles. The second kappa shape index (κ2) is 4.82. The molecule has 2 aromatic heterocycles.